The van der Waals surface area contributed by atoms with E-state index in [9.17, 15) is 0 Å². The van der Waals surface area contributed by atoms with Crippen LogP contribution in [0.15, 0.2) is 182 Å². The average Bonchev–Trinajstić information content (AvgIpc) is 3.68. The topological polar surface area (TPSA) is 57.1 Å². The van der Waals surface area contributed by atoms with E-state index in [2.05, 4.69) is 109 Å². The van der Waals surface area contributed by atoms with Crippen LogP contribution in [-0.2, 0) is 6.42 Å². The molecule has 0 saturated heterocycles. The number of para-hydroxylation sites is 2. The number of rotatable bonds is 5. The molecule has 2 aliphatic heterocycles. The van der Waals surface area contributed by atoms with E-state index in [0.29, 0.717) is 17.5 Å². The normalized spacial score (nSPS) is 12.7. The summed E-state index contributed by atoms with van der Waals surface area (Å²) in [6, 6.07) is 63.3. The summed E-state index contributed by atoms with van der Waals surface area (Å²) in [5.41, 5.74) is 16.0. The van der Waals surface area contributed by atoms with E-state index in [0.717, 1.165) is 73.6 Å². The van der Waals surface area contributed by atoms with E-state index in [1.54, 1.807) is 0 Å². The van der Waals surface area contributed by atoms with Crippen LogP contribution in [-0.4, -0.2) is 21.7 Å². The molecule has 0 saturated carbocycles. The van der Waals surface area contributed by atoms with Crippen molar-refractivity contribution in [1.29, 1.82) is 0 Å². The first-order valence-corrected chi connectivity index (χ1v) is 19.7. The minimum atomic E-state index is 0.0467. The highest BCUT2D eigenvalue weighted by Crippen LogP contribution is 2.47. The summed E-state index contributed by atoms with van der Waals surface area (Å²) in [5.74, 6) is 5.41. The van der Waals surface area contributed by atoms with Gasteiger partial charge in [0.2, 0.25) is 0 Å². The molecule has 3 heterocycles. The van der Waals surface area contributed by atoms with Crippen LogP contribution in [0.2, 0.25) is 0 Å². The van der Waals surface area contributed by atoms with Crippen LogP contribution < -0.4 is 25.9 Å². The molecule has 5 nitrogen and oxygen atoms in total. The molecule has 0 radical (unpaired) electrons. The van der Waals surface area contributed by atoms with Crippen molar-refractivity contribution in [1.82, 2.24) is 15.0 Å². The van der Waals surface area contributed by atoms with E-state index in [4.69, 9.17) is 24.4 Å². The Balaban J connectivity index is 0.941. The van der Waals surface area contributed by atoms with Crippen molar-refractivity contribution < 1.29 is 9.47 Å². The predicted octanol–water partition coefficient (Wildman–Crippen LogP) is 10.5. The highest BCUT2D eigenvalue weighted by atomic mass is 16.5. The van der Waals surface area contributed by atoms with Gasteiger partial charge in [-0.25, -0.2) is 15.0 Å². The molecule has 0 fully saturated rings. The zero-order valence-electron chi connectivity index (χ0n) is 31.3. The fourth-order valence-corrected chi connectivity index (χ4v) is 9.09. The first kappa shape index (κ1) is 32.7. The van der Waals surface area contributed by atoms with Crippen LogP contribution in [0.5, 0.6) is 23.0 Å². The predicted molar refractivity (Wildman–Crippen MR) is 233 cm³/mol. The second-order valence-electron chi connectivity index (χ2n) is 15.1. The third-order valence-corrected chi connectivity index (χ3v) is 11.7. The lowest BCUT2D eigenvalue weighted by Gasteiger charge is -2.33. The molecule has 3 aliphatic rings. The van der Waals surface area contributed by atoms with Crippen LogP contribution in [0.4, 0.5) is 0 Å². The molecule has 0 unspecified atom stereocenters. The maximum atomic E-state index is 6.68. The number of hydrogen-bond donors (Lipinski definition) is 0. The van der Waals surface area contributed by atoms with Crippen molar-refractivity contribution in [2.45, 2.75) is 6.42 Å². The molecule has 58 heavy (non-hydrogen) atoms. The van der Waals surface area contributed by atoms with Gasteiger partial charge in [-0.2, -0.15) is 0 Å². The van der Waals surface area contributed by atoms with Gasteiger partial charge in [0, 0.05) is 22.2 Å². The molecule has 1 aliphatic carbocycles. The van der Waals surface area contributed by atoms with Crippen LogP contribution in [0.1, 0.15) is 11.1 Å². The van der Waals surface area contributed by atoms with Gasteiger partial charge in [-0.1, -0.05) is 152 Å². The van der Waals surface area contributed by atoms with Crippen molar-refractivity contribution in [2.75, 3.05) is 0 Å². The summed E-state index contributed by atoms with van der Waals surface area (Å²) >= 11 is 0. The maximum Gasteiger partial charge on any atom is 0.260 e. The molecule has 9 aromatic rings. The second kappa shape index (κ2) is 13.0. The number of nitrogens with zero attached hydrogens (tertiary/aromatic N) is 3. The van der Waals surface area contributed by atoms with Gasteiger partial charge in [-0.3, -0.25) is 0 Å². The molecular formula is C52H32BN3O2. The SMILES string of the molecule is c1ccc(-c2nc(-c3ccccc3)nc(-c3cccc(-c4cccc5c4Cc4c(-c6cc7c8c(c6)Oc6ccccc6B8c6ccccc6O7)cccc4-5)c3)n2)cc1. The minimum absolute atomic E-state index is 0.0467. The largest absolute Gasteiger partial charge is 0.458 e. The van der Waals surface area contributed by atoms with E-state index >= 15 is 0 Å². The Morgan fingerprint density at radius 1 is 0.345 bits per heavy atom. The van der Waals surface area contributed by atoms with Crippen molar-refractivity contribution in [2.24, 2.45) is 0 Å². The number of aromatic nitrogens is 3. The van der Waals surface area contributed by atoms with Gasteiger partial charge in [0.25, 0.3) is 6.71 Å². The summed E-state index contributed by atoms with van der Waals surface area (Å²) in [6.45, 7) is 0.0467. The van der Waals surface area contributed by atoms with Crippen molar-refractivity contribution >= 4 is 23.1 Å². The lowest BCUT2D eigenvalue weighted by atomic mass is 9.35. The highest BCUT2D eigenvalue weighted by molar-refractivity contribution is 6.98. The Bertz CT molecular complexity index is 2980. The molecule has 0 spiro atoms. The smallest absolute Gasteiger partial charge is 0.260 e. The third kappa shape index (κ3) is 5.22. The average molecular weight is 742 g/mol. The van der Waals surface area contributed by atoms with Gasteiger partial charge in [-0.05, 0) is 92.2 Å². The van der Waals surface area contributed by atoms with Crippen LogP contribution in [0.25, 0.3) is 67.5 Å². The fraction of sp³-hybridized carbons (Fsp3) is 0.0192. The standard InChI is InChI=1S/C52H32BN3O2/c1-3-14-32(15-4-1)50-54-51(33-16-5-2-6-17-33)56-52(55-50)35-19-11-18-34(28-35)37-20-12-22-39-40-23-13-21-38(42(40)31-41(37)39)36-29-47-49-48(30-36)58-46-27-10-8-25-44(46)53(49)43-24-7-9-26-45(43)57-47/h1-30H,31H2. The molecule has 0 N–H and O–H groups in total. The van der Waals surface area contributed by atoms with Crippen LogP contribution >= 0.6 is 0 Å². The fourth-order valence-electron chi connectivity index (χ4n) is 9.09. The Labute approximate surface area is 336 Å². The van der Waals surface area contributed by atoms with E-state index < -0.39 is 0 Å². The summed E-state index contributed by atoms with van der Waals surface area (Å²) in [7, 11) is 0. The summed E-state index contributed by atoms with van der Waals surface area (Å²) < 4.78 is 13.4. The van der Waals surface area contributed by atoms with Gasteiger partial charge >= 0.3 is 0 Å². The minimum Gasteiger partial charge on any atom is -0.458 e. The third-order valence-electron chi connectivity index (χ3n) is 11.7. The maximum absolute atomic E-state index is 6.68. The summed E-state index contributed by atoms with van der Waals surface area (Å²) in [4.78, 5) is 14.9. The number of fused-ring (bicyclic) bond motifs is 7. The molecule has 12 rings (SSSR count). The van der Waals surface area contributed by atoms with E-state index in [1.807, 2.05) is 72.8 Å². The number of hydrogen-bond acceptors (Lipinski definition) is 5. The second-order valence-corrected chi connectivity index (χ2v) is 15.1. The van der Waals surface area contributed by atoms with Gasteiger partial charge in [0.15, 0.2) is 17.5 Å². The molecule has 6 heteroatoms. The Morgan fingerprint density at radius 3 is 1.34 bits per heavy atom. The molecule has 8 aromatic carbocycles. The van der Waals surface area contributed by atoms with Crippen LogP contribution in [0, 0.1) is 0 Å². The van der Waals surface area contributed by atoms with Crippen molar-refractivity contribution in [3.63, 3.8) is 0 Å². The lowest BCUT2D eigenvalue weighted by molar-refractivity contribution is 0.465. The highest BCUT2D eigenvalue weighted by Gasteiger charge is 2.40. The first-order chi connectivity index (χ1) is 28.7. The Kier molecular flexibility index (Phi) is 7.32. The summed E-state index contributed by atoms with van der Waals surface area (Å²) in [5, 5.41) is 0. The van der Waals surface area contributed by atoms with Gasteiger partial charge in [0.1, 0.15) is 23.0 Å². The van der Waals surface area contributed by atoms with Gasteiger partial charge in [0.05, 0.1) is 0 Å². The molecule has 0 atom stereocenters. The zero-order chi connectivity index (χ0) is 38.2. The molecule has 0 amide bonds. The number of benzene rings is 8. The Hall–Kier alpha value is -7.57. The lowest BCUT2D eigenvalue weighted by Crippen LogP contribution is -2.57. The van der Waals surface area contributed by atoms with E-state index in [-0.39, 0.29) is 6.71 Å². The molecule has 1 aromatic heterocycles. The van der Waals surface area contributed by atoms with Crippen molar-refractivity contribution in [3.8, 4) is 90.5 Å². The monoisotopic (exact) mass is 741 g/mol. The van der Waals surface area contributed by atoms with Crippen molar-refractivity contribution in [3.05, 3.63) is 193 Å². The molecular weight excluding hydrogens is 709 g/mol. The first-order valence-electron chi connectivity index (χ1n) is 19.7. The number of ether oxygens (including phenoxy) is 2. The Morgan fingerprint density at radius 2 is 0.776 bits per heavy atom. The zero-order valence-corrected chi connectivity index (χ0v) is 31.3. The van der Waals surface area contributed by atoms with E-state index in [1.165, 1.54) is 33.4 Å². The van der Waals surface area contributed by atoms with Gasteiger partial charge in [-0.15, -0.1) is 0 Å². The molecule has 270 valence electrons. The van der Waals surface area contributed by atoms with Gasteiger partial charge < -0.3 is 9.47 Å². The summed E-state index contributed by atoms with van der Waals surface area (Å²) in [6.07, 6.45) is 0.797. The quantitative estimate of drug-likeness (QED) is 0.164. The molecule has 0 bridgehead atoms. The van der Waals surface area contributed by atoms with Crippen LogP contribution in [0.3, 0.4) is 0 Å².